The summed E-state index contributed by atoms with van der Waals surface area (Å²) in [6.45, 7) is 3.11. The summed E-state index contributed by atoms with van der Waals surface area (Å²) in [6.07, 6.45) is 0. The van der Waals surface area contributed by atoms with Crippen molar-refractivity contribution < 1.29 is 19.2 Å². The number of hydrogen-bond acceptors (Lipinski definition) is 4. The Labute approximate surface area is 109 Å². The van der Waals surface area contributed by atoms with E-state index in [2.05, 4.69) is 5.32 Å². The van der Waals surface area contributed by atoms with Gasteiger partial charge in [-0.3, -0.25) is 14.9 Å². The number of amides is 1. The Morgan fingerprint density at radius 3 is 2.74 bits per heavy atom. The lowest BCUT2D eigenvalue weighted by atomic mass is 10.1. The molecule has 1 aromatic carbocycles. The minimum absolute atomic E-state index is 0.0366. The van der Waals surface area contributed by atoms with Crippen LogP contribution in [-0.2, 0) is 0 Å². The molecule has 1 unspecified atom stereocenters. The van der Waals surface area contributed by atoms with Gasteiger partial charge in [-0.05, 0) is 18.4 Å². The summed E-state index contributed by atoms with van der Waals surface area (Å²) in [5.74, 6) is -1.68. The number of carbonyl (C=O) groups is 1. The van der Waals surface area contributed by atoms with Gasteiger partial charge in [0.05, 0.1) is 10.5 Å². The minimum Gasteiger partial charge on any atom is -0.396 e. The average molecular weight is 270 g/mol. The summed E-state index contributed by atoms with van der Waals surface area (Å²) in [4.78, 5) is 21.7. The number of nitro benzene ring substituents is 1. The Bertz CT molecular complexity index is 505. The average Bonchev–Trinajstić information content (AvgIpc) is 2.38. The maximum absolute atomic E-state index is 13.8. The molecule has 0 aliphatic rings. The van der Waals surface area contributed by atoms with Gasteiger partial charge in [-0.1, -0.05) is 6.92 Å². The van der Waals surface area contributed by atoms with Crippen molar-refractivity contribution in [3.8, 4) is 0 Å². The predicted octanol–water partition coefficient (Wildman–Crippen LogP) is 1.40. The monoisotopic (exact) mass is 270 g/mol. The number of nitro groups is 1. The molecule has 0 aliphatic carbocycles. The second-order valence-corrected chi connectivity index (χ2v) is 4.38. The zero-order chi connectivity index (χ0) is 14.6. The van der Waals surface area contributed by atoms with Crippen LogP contribution in [0.3, 0.4) is 0 Å². The standard InChI is InChI=1S/C12H15FN2O4/c1-7(6-16)5-14-12(17)10-4-9(15(18)19)3-8(2)11(10)13/h3-4,7,16H,5-6H2,1-2H3,(H,14,17). The smallest absolute Gasteiger partial charge is 0.270 e. The number of carbonyl (C=O) groups excluding carboxylic acids is 1. The van der Waals surface area contributed by atoms with Gasteiger partial charge in [-0.25, -0.2) is 4.39 Å². The lowest BCUT2D eigenvalue weighted by molar-refractivity contribution is -0.385. The Kier molecular flexibility index (Phi) is 4.94. The van der Waals surface area contributed by atoms with Gasteiger partial charge >= 0.3 is 0 Å². The number of nitrogens with zero attached hydrogens (tertiary/aromatic N) is 1. The summed E-state index contributed by atoms with van der Waals surface area (Å²) >= 11 is 0. The minimum atomic E-state index is -0.778. The maximum atomic E-state index is 13.8. The highest BCUT2D eigenvalue weighted by Gasteiger charge is 2.19. The Balaban J connectivity index is 2.98. The molecule has 0 spiro atoms. The molecule has 0 heterocycles. The van der Waals surface area contributed by atoms with Crippen LogP contribution in [-0.4, -0.2) is 29.1 Å². The van der Waals surface area contributed by atoms with Crippen molar-refractivity contribution in [1.82, 2.24) is 5.32 Å². The molecule has 0 saturated carbocycles. The van der Waals surface area contributed by atoms with Crippen LogP contribution in [0.4, 0.5) is 10.1 Å². The maximum Gasteiger partial charge on any atom is 0.270 e. The first-order chi connectivity index (χ1) is 8.86. The summed E-state index contributed by atoms with van der Waals surface area (Å²) in [5.41, 5.74) is -0.661. The Morgan fingerprint density at radius 1 is 1.58 bits per heavy atom. The normalized spacial score (nSPS) is 12.0. The number of nitrogens with one attached hydrogen (secondary N) is 1. The molecule has 1 rings (SSSR count). The molecule has 0 fully saturated rings. The third-order valence-electron chi connectivity index (χ3n) is 2.62. The molecule has 0 bridgehead atoms. The first kappa shape index (κ1) is 15.0. The van der Waals surface area contributed by atoms with E-state index in [0.717, 1.165) is 12.1 Å². The number of aryl methyl sites for hydroxylation is 1. The van der Waals surface area contributed by atoms with Crippen LogP contribution in [0.15, 0.2) is 12.1 Å². The topological polar surface area (TPSA) is 92.5 Å². The number of benzene rings is 1. The lowest BCUT2D eigenvalue weighted by Crippen LogP contribution is -2.30. The molecule has 7 heteroatoms. The number of rotatable bonds is 5. The van der Waals surface area contributed by atoms with Crippen LogP contribution in [0.5, 0.6) is 0 Å². The lowest BCUT2D eigenvalue weighted by Gasteiger charge is -2.10. The molecule has 1 atom stereocenters. The Morgan fingerprint density at radius 2 is 2.21 bits per heavy atom. The van der Waals surface area contributed by atoms with E-state index in [4.69, 9.17) is 5.11 Å². The third-order valence-corrected chi connectivity index (χ3v) is 2.62. The molecule has 0 saturated heterocycles. The molecule has 1 amide bonds. The van der Waals surface area contributed by atoms with Crippen molar-refractivity contribution in [3.63, 3.8) is 0 Å². The van der Waals surface area contributed by atoms with Gasteiger partial charge in [0.15, 0.2) is 0 Å². The molecule has 1 aromatic rings. The number of hydrogen-bond donors (Lipinski definition) is 2. The van der Waals surface area contributed by atoms with E-state index in [9.17, 15) is 19.3 Å². The van der Waals surface area contributed by atoms with Crippen molar-refractivity contribution in [2.45, 2.75) is 13.8 Å². The highest BCUT2D eigenvalue weighted by molar-refractivity contribution is 5.95. The highest BCUT2D eigenvalue weighted by Crippen LogP contribution is 2.20. The van der Waals surface area contributed by atoms with Gasteiger partial charge in [0.25, 0.3) is 11.6 Å². The molecule has 0 radical (unpaired) electrons. The molecule has 6 nitrogen and oxygen atoms in total. The van der Waals surface area contributed by atoms with E-state index in [1.165, 1.54) is 6.92 Å². The SMILES string of the molecule is Cc1cc([N+](=O)[O-])cc(C(=O)NCC(C)CO)c1F. The van der Waals surface area contributed by atoms with Crippen molar-refractivity contribution in [2.75, 3.05) is 13.2 Å². The van der Waals surface area contributed by atoms with Crippen molar-refractivity contribution in [1.29, 1.82) is 0 Å². The summed E-state index contributed by atoms with van der Waals surface area (Å²) in [6, 6.07) is 1.98. The first-order valence-electron chi connectivity index (χ1n) is 5.70. The van der Waals surface area contributed by atoms with E-state index in [1.807, 2.05) is 0 Å². The van der Waals surface area contributed by atoms with Gasteiger partial charge in [0.1, 0.15) is 5.82 Å². The molecule has 19 heavy (non-hydrogen) atoms. The molecular weight excluding hydrogens is 255 g/mol. The largest absolute Gasteiger partial charge is 0.396 e. The molecular formula is C12H15FN2O4. The van der Waals surface area contributed by atoms with E-state index < -0.39 is 16.6 Å². The highest BCUT2D eigenvalue weighted by atomic mass is 19.1. The fourth-order valence-corrected chi connectivity index (χ4v) is 1.45. The van der Waals surface area contributed by atoms with Crippen LogP contribution < -0.4 is 5.32 Å². The van der Waals surface area contributed by atoms with Gasteiger partial charge in [0, 0.05) is 25.3 Å². The molecule has 2 N–H and O–H groups in total. The van der Waals surface area contributed by atoms with Gasteiger partial charge in [-0.15, -0.1) is 0 Å². The van der Waals surface area contributed by atoms with Crippen molar-refractivity contribution >= 4 is 11.6 Å². The quantitative estimate of drug-likeness (QED) is 0.624. The summed E-state index contributed by atoms with van der Waals surface area (Å²) < 4.78 is 13.8. The molecule has 0 aromatic heterocycles. The van der Waals surface area contributed by atoms with Crippen LogP contribution in [0, 0.1) is 28.8 Å². The number of aliphatic hydroxyl groups is 1. The Hall–Kier alpha value is -2.02. The molecule has 0 aliphatic heterocycles. The fraction of sp³-hybridized carbons (Fsp3) is 0.417. The van der Waals surface area contributed by atoms with E-state index >= 15 is 0 Å². The number of aliphatic hydroxyl groups excluding tert-OH is 1. The van der Waals surface area contributed by atoms with Gasteiger partial charge in [-0.2, -0.15) is 0 Å². The number of halogens is 1. The summed E-state index contributed by atoms with van der Waals surface area (Å²) in [7, 11) is 0. The van der Waals surface area contributed by atoms with Gasteiger partial charge < -0.3 is 10.4 Å². The van der Waals surface area contributed by atoms with Crippen molar-refractivity contribution in [2.24, 2.45) is 5.92 Å². The number of non-ortho nitro benzene ring substituents is 1. The zero-order valence-corrected chi connectivity index (χ0v) is 10.6. The van der Waals surface area contributed by atoms with Crippen LogP contribution in [0.25, 0.3) is 0 Å². The van der Waals surface area contributed by atoms with Crippen LogP contribution >= 0.6 is 0 Å². The van der Waals surface area contributed by atoms with E-state index in [0.29, 0.717) is 0 Å². The first-order valence-corrected chi connectivity index (χ1v) is 5.70. The zero-order valence-electron chi connectivity index (χ0n) is 10.6. The summed E-state index contributed by atoms with van der Waals surface area (Å²) in [5, 5.41) is 21.9. The second-order valence-electron chi connectivity index (χ2n) is 4.38. The van der Waals surface area contributed by atoms with E-state index in [-0.39, 0.29) is 35.9 Å². The third kappa shape index (κ3) is 3.72. The molecule has 104 valence electrons. The van der Waals surface area contributed by atoms with E-state index in [1.54, 1.807) is 6.92 Å². The van der Waals surface area contributed by atoms with Crippen LogP contribution in [0.1, 0.15) is 22.8 Å². The fourth-order valence-electron chi connectivity index (χ4n) is 1.45. The second kappa shape index (κ2) is 6.24. The van der Waals surface area contributed by atoms with Gasteiger partial charge in [0.2, 0.25) is 0 Å². The van der Waals surface area contributed by atoms with Crippen LogP contribution in [0.2, 0.25) is 0 Å². The van der Waals surface area contributed by atoms with Crippen molar-refractivity contribution in [3.05, 3.63) is 39.2 Å². The predicted molar refractivity (Wildman–Crippen MR) is 66.4 cm³/mol.